The molecule has 96 valence electrons. The van der Waals surface area contributed by atoms with Crippen LogP contribution in [-0.4, -0.2) is 24.2 Å². The summed E-state index contributed by atoms with van der Waals surface area (Å²) in [6.45, 7) is 0. The standard InChI is InChI=1S/C12H16N4S2/c1-17-10-5-7-3-4-9(15-16-12(13)14)8(7)6-11(10)18-2/h5-6H,3-4H2,1-2H3,(H4,13,14,16). The molecule has 0 aromatic heterocycles. The van der Waals surface area contributed by atoms with E-state index in [4.69, 9.17) is 11.5 Å². The van der Waals surface area contributed by atoms with Crippen LogP contribution < -0.4 is 11.5 Å². The van der Waals surface area contributed by atoms with Crippen LogP contribution in [0, 0.1) is 0 Å². The van der Waals surface area contributed by atoms with Crippen molar-refractivity contribution in [1.82, 2.24) is 0 Å². The lowest BCUT2D eigenvalue weighted by atomic mass is 10.1. The SMILES string of the molecule is CSc1cc2c(cc1SC)C(=NN=C(N)N)CC2. The van der Waals surface area contributed by atoms with Crippen LogP contribution in [0.3, 0.4) is 0 Å². The summed E-state index contributed by atoms with van der Waals surface area (Å²) in [5, 5.41) is 7.89. The Balaban J connectivity index is 2.44. The van der Waals surface area contributed by atoms with E-state index >= 15 is 0 Å². The lowest BCUT2D eigenvalue weighted by Crippen LogP contribution is -2.22. The third-order valence-corrected chi connectivity index (χ3v) is 4.52. The average Bonchev–Trinajstić information content (AvgIpc) is 2.76. The van der Waals surface area contributed by atoms with Crippen molar-refractivity contribution in [3.63, 3.8) is 0 Å². The fourth-order valence-corrected chi connectivity index (χ4v) is 3.52. The van der Waals surface area contributed by atoms with Crippen molar-refractivity contribution in [1.29, 1.82) is 0 Å². The average molecular weight is 280 g/mol. The number of hydrogen-bond donors (Lipinski definition) is 2. The first kappa shape index (κ1) is 13.3. The molecule has 0 fully saturated rings. The zero-order valence-electron chi connectivity index (χ0n) is 10.4. The van der Waals surface area contributed by atoms with E-state index in [1.165, 1.54) is 20.9 Å². The molecule has 0 spiro atoms. The van der Waals surface area contributed by atoms with E-state index in [0.717, 1.165) is 18.6 Å². The maximum atomic E-state index is 5.31. The first-order chi connectivity index (χ1) is 8.65. The molecule has 6 heteroatoms. The molecule has 0 saturated carbocycles. The Morgan fingerprint density at radius 3 is 2.39 bits per heavy atom. The summed E-state index contributed by atoms with van der Waals surface area (Å²) in [4.78, 5) is 2.60. The molecule has 0 atom stereocenters. The van der Waals surface area contributed by atoms with Gasteiger partial charge in [-0.05, 0) is 43.0 Å². The minimum atomic E-state index is 0.00164. The quantitative estimate of drug-likeness (QED) is 0.384. The van der Waals surface area contributed by atoms with Gasteiger partial charge >= 0.3 is 0 Å². The highest BCUT2D eigenvalue weighted by atomic mass is 32.2. The maximum absolute atomic E-state index is 5.31. The number of guanidine groups is 1. The van der Waals surface area contributed by atoms with Crippen molar-refractivity contribution in [2.75, 3.05) is 12.5 Å². The molecule has 2 rings (SSSR count). The van der Waals surface area contributed by atoms with Gasteiger partial charge in [-0.15, -0.1) is 28.6 Å². The lowest BCUT2D eigenvalue weighted by Gasteiger charge is -2.08. The summed E-state index contributed by atoms with van der Waals surface area (Å²) in [7, 11) is 0. The fraction of sp³-hybridized carbons (Fsp3) is 0.333. The Labute approximate surface area is 115 Å². The first-order valence-corrected chi connectivity index (χ1v) is 8.01. The van der Waals surface area contributed by atoms with Gasteiger partial charge in [-0.3, -0.25) is 0 Å². The van der Waals surface area contributed by atoms with Crippen molar-refractivity contribution in [3.8, 4) is 0 Å². The smallest absolute Gasteiger partial charge is 0.211 e. The van der Waals surface area contributed by atoms with Crippen LogP contribution in [-0.2, 0) is 6.42 Å². The fourth-order valence-electron chi connectivity index (χ4n) is 2.01. The van der Waals surface area contributed by atoms with Crippen LogP contribution >= 0.6 is 23.5 Å². The second-order valence-electron chi connectivity index (χ2n) is 3.94. The molecule has 0 bridgehead atoms. The molecule has 0 aliphatic heterocycles. The number of fused-ring (bicyclic) bond motifs is 1. The number of rotatable bonds is 3. The molecule has 18 heavy (non-hydrogen) atoms. The van der Waals surface area contributed by atoms with Gasteiger partial charge in [0.05, 0.1) is 5.71 Å². The van der Waals surface area contributed by atoms with Crippen LogP contribution in [0.15, 0.2) is 32.1 Å². The van der Waals surface area contributed by atoms with Gasteiger partial charge in [0, 0.05) is 15.4 Å². The minimum absolute atomic E-state index is 0.00164. The van der Waals surface area contributed by atoms with E-state index in [2.05, 4.69) is 34.8 Å². The number of benzene rings is 1. The molecule has 0 amide bonds. The Bertz CT molecular complexity index is 519. The summed E-state index contributed by atoms with van der Waals surface area (Å²) in [6.07, 6.45) is 6.10. The predicted octanol–water partition coefficient (Wildman–Crippen LogP) is 2.05. The highest BCUT2D eigenvalue weighted by Gasteiger charge is 2.20. The number of aryl methyl sites for hydroxylation is 1. The molecule has 4 N–H and O–H groups in total. The van der Waals surface area contributed by atoms with E-state index in [1.54, 1.807) is 23.5 Å². The van der Waals surface area contributed by atoms with Crippen LogP contribution in [0.1, 0.15) is 17.5 Å². The Hall–Kier alpha value is -1.14. The molecule has 1 aliphatic rings. The van der Waals surface area contributed by atoms with E-state index in [1.807, 2.05) is 0 Å². The predicted molar refractivity (Wildman–Crippen MR) is 80.7 cm³/mol. The van der Waals surface area contributed by atoms with Crippen molar-refractivity contribution in [2.24, 2.45) is 21.7 Å². The topological polar surface area (TPSA) is 76.8 Å². The number of hydrogen-bond acceptors (Lipinski definition) is 4. The third-order valence-electron chi connectivity index (χ3n) is 2.84. The molecule has 1 aliphatic carbocycles. The van der Waals surface area contributed by atoms with Crippen LogP contribution in [0.2, 0.25) is 0 Å². The largest absolute Gasteiger partial charge is 0.369 e. The molecule has 0 saturated heterocycles. The molecule has 1 aromatic carbocycles. The van der Waals surface area contributed by atoms with Gasteiger partial charge in [0.25, 0.3) is 0 Å². The second-order valence-corrected chi connectivity index (χ2v) is 5.63. The van der Waals surface area contributed by atoms with Gasteiger partial charge in [-0.25, -0.2) is 0 Å². The molecule has 1 aromatic rings. The number of nitrogens with zero attached hydrogens (tertiary/aromatic N) is 2. The van der Waals surface area contributed by atoms with Crippen LogP contribution in [0.5, 0.6) is 0 Å². The van der Waals surface area contributed by atoms with Gasteiger partial charge in [0.1, 0.15) is 0 Å². The normalized spacial score (nSPS) is 15.8. The molecular weight excluding hydrogens is 264 g/mol. The van der Waals surface area contributed by atoms with Crippen molar-refractivity contribution < 1.29 is 0 Å². The van der Waals surface area contributed by atoms with Crippen LogP contribution in [0.4, 0.5) is 0 Å². The van der Waals surface area contributed by atoms with Gasteiger partial charge in [0.15, 0.2) is 0 Å². The minimum Gasteiger partial charge on any atom is -0.369 e. The summed E-state index contributed by atoms with van der Waals surface area (Å²) < 4.78 is 0. The van der Waals surface area contributed by atoms with E-state index < -0.39 is 0 Å². The zero-order valence-corrected chi connectivity index (χ0v) is 12.1. The number of thioether (sulfide) groups is 2. The highest BCUT2D eigenvalue weighted by Crippen LogP contribution is 2.34. The zero-order chi connectivity index (χ0) is 13.1. The highest BCUT2D eigenvalue weighted by molar-refractivity contribution is 8.01. The van der Waals surface area contributed by atoms with Gasteiger partial charge in [-0.1, -0.05) is 0 Å². The summed E-state index contributed by atoms with van der Waals surface area (Å²) in [5.41, 5.74) is 14.1. The van der Waals surface area contributed by atoms with Crippen molar-refractivity contribution in [3.05, 3.63) is 23.3 Å². The number of nitrogens with two attached hydrogens (primary N) is 2. The molecule has 0 heterocycles. The maximum Gasteiger partial charge on any atom is 0.211 e. The Kier molecular flexibility index (Phi) is 4.19. The van der Waals surface area contributed by atoms with Gasteiger partial charge in [-0.2, -0.15) is 5.10 Å². The van der Waals surface area contributed by atoms with E-state index in [9.17, 15) is 0 Å². The summed E-state index contributed by atoms with van der Waals surface area (Å²) in [5.74, 6) is 0.00164. The Morgan fingerprint density at radius 2 is 1.78 bits per heavy atom. The first-order valence-electron chi connectivity index (χ1n) is 5.56. The molecule has 4 nitrogen and oxygen atoms in total. The molecular formula is C12H16N4S2. The molecule has 0 radical (unpaired) electrons. The summed E-state index contributed by atoms with van der Waals surface area (Å²) in [6, 6.07) is 4.45. The Morgan fingerprint density at radius 1 is 1.11 bits per heavy atom. The summed E-state index contributed by atoms with van der Waals surface area (Å²) >= 11 is 3.53. The van der Waals surface area contributed by atoms with Gasteiger partial charge in [0.2, 0.25) is 5.96 Å². The van der Waals surface area contributed by atoms with E-state index in [0.29, 0.717) is 0 Å². The van der Waals surface area contributed by atoms with Crippen molar-refractivity contribution in [2.45, 2.75) is 22.6 Å². The van der Waals surface area contributed by atoms with Gasteiger partial charge < -0.3 is 11.5 Å². The monoisotopic (exact) mass is 280 g/mol. The van der Waals surface area contributed by atoms with Crippen molar-refractivity contribution >= 4 is 35.2 Å². The lowest BCUT2D eigenvalue weighted by molar-refractivity contribution is 1.06. The van der Waals surface area contributed by atoms with Crippen LogP contribution in [0.25, 0.3) is 0 Å². The third kappa shape index (κ3) is 2.64. The molecule has 0 unspecified atom stereocenters. The van der Waals surface area contributed by atoms with E-state index in [-0.39, 0.29) is 5.96 Å². The second kappa shape index (κ2) is 5.67.